The molecule has 2 rings (SSSR count). The molecule has 0 aliphatic rings. The first kappa shape index (κ1) is 23.9. The molecule has 30 heavy (non-hydrogen) atoms. The van der Waals surface area contributed by atoms with Gasteiger partial charge in [-0.1, -0.05) is 54.9 Å². The maximum Gasteiger partial charge on any atom is 0.323 e. The number of rotatable bonds is 9. The van der Waals surface area contributed by atoms with Gasteiger partial charge in [-0.05, 0) is 68.9 Å². The average molecular weight is 432 g/mol. The summed E-state index contributed by atoms with van der Waals surface area (Å²) in [7, 11) is 0. The molecule has 0 saturated carbocycles. The van der Waals surface area contributed by atoms with Gasteiger partial charge in [-0.2, -0.15) is 0 Å². The van der Waals surface area contributed by atoms with Crippen LogP contribution in [0.1, 0.15) is 46.1 Å². The Morgan fingerprint density at radius 3 is 2.27 bits per heavy atom. The second kappa shape index (κ2) is 10.6. The van der Waals surface area contributed by atoms with Crippen molar-refractivity contribution in [3.05, 3.63) is 59.1 Å². The van der Waals surface area contributed by atoms with E-state index >= 15 is 0 Å². The molecule has 6 heteroatoms. The lowest BCUT2D eigenvalue weighted by Gasteiger charge is -2.26. The number of carboxylic acids is 1. The van der Waals surface area contributed by atoms with Crippen molar-refractivity contribution in [1.29, 1.82) is 0 Å². The number of carboxylic acid groups (broad SMARTS) is 1. The fourth-order valence-corrected chi connectivity index (χ4v) is 3.28. The molecule has 0 amide bonds. The van der Waals surface area contributed by atoms with E-state index in [0.717, 1.165) is 16.7 Å². The van der Waals surface area contributed by atoms with Crippen LogP contribution in [0.3, 0.4) is 0 Å². The largest absolute Gasteiger partial charge is 0.480 e. The Morgan fingerprint density at radius 1 is 1.07 bits per heavy atom. The summed E-state index contributed by atoms with van der Waals surface area (Å²) in [4.78, 5) is 24.1. The summed E-state index contributed by atoms with van der Waals surface area (Å²) in [5.74, 6) is -1.41. The number of nitrogens with one attached hydrogen (secondary N) is 1. The molecule has 0 radical (unpaired) electrons. The third-order valence-electron chi connectivity index (χ3n) is 4.63. The highest BCUT2D eigenvalue weighted by molar-refractivity contribution is 6.30. The van der Waals surface area contributed by atoms with Gasteiger partial charge in [-0.15, -0.1) is 0 Å². The predicted octanol–water partition coefficient (Wildman–Crippen LogP) is 5.10. The Kier molecular flexibility index (Phi) is 8.44. The van der Waals surface area contributed by atoms with Crippen LogP contribution in [0.15, 0.2) is 48.5 Å². The van der Waals surface area contributed by atoms with Crippen LogP contribution in [-0.2, 0) is 20.7 Å². The molecule has 0 heterocycles. The number of ether oxygens (including phenoxy) is 1. The highest BCUT2D eigenvalue weighted by Gasteiger charge is 2.28. The van der Waals surface area contributed by atoms with E-state index in [1.807, 2.05) is 55.5 Å². The summed E-state index contributed by atoms with van der Waals surface area (Å²) >= 11 is 6.06. The van der Waals surface area contributed by atoms with E-state index in [2.05, 4.69) is 5.32 Å². The minimum Gasteiger partial charge on any atom is -0.480 e. The zero-order valence-electron chi connectivity index (χ0n) is 17.9. The van der Waals surface area contributed by atoms with Crippen LogP contribution in [-0.4, -0.2) is 34.7 Å². The quantitative estimate of drug-likeness (QED) is 0.540. The third kappa shape index (κ3) is 7.47. The van der Waals surface area contributed by atoms with E-state index in [9.17, 15) is 14.7 Å². The van der Waals surface area contributed by atoms with Crippen molar-refractivity contribution >= 4 is 23.5 Å². The number of aryl methyl sites for hydroxylation is 1. The first-order valence-electron chi connectivity index (χ1n) is 10.2. The molecular formula is C24H30ClNO4. The number of halogens is 1. The molecule has 0 aromatic heterocycles. The number of aliphatic carboxylic acids is 1. The van der Waals surface area contributed by atoms with Crippen molar-refractivity contribution in [2.75, 3.05) is 0 Å². The number of carbonyl (C=O) groups is 2. The van der Waals surface area contributed by atoms with Crippen molar-refractivity contribution < 1.29 is 19.4 Å². The van der Waals surface area contributed by atoms with E-state index in [1.54, 1.807) is 20.8 Å². The van der Waals surface area contributed by atoms with Crippen molar-refractivity contribution in [1.82, 2.24) is 5.32 Å². The summed E-state index contributed by atoms with van der Waals surface area (Å²) in [5, 5.41) is 13.2. The minimum absolute atomic E-state index is 0.366. The van der Waals surface area contributed by atoms with E-state index in [-0.39, 0.29) is 0 Å². The maximum atomic E-state index is 12.3. The highest BCUT2D eigenvalue weighted by Crippen LogP contribution is 2.23. The zero-order valence-corrected chi connectivity index (χ0v) is 18.7. The molecule has 0 fully saturated rings. The van der Waals surface area contributed by atoms with Gasteiger partial charge < -0.3 is 9.84 Å². The van der Waals surface area contributed by atoms with Crippen LogP contribution in [0.4, 0.5) is 0 Å². The van der Waals surface area contributed by atoms with E-state index in [4.69, 9.17) is 16.3 Å². The van der Waals surface area contributed by atoms with Crippen LogP contribution in [0.5, 0.6) is 0 Å². The molecule has 0 aliphatic carbocycles. The second-order valence-corrected chi connectivity index (χ2v) is 8.73. The maximum absolute atomic E-state index is 12.3. The first-order chi connectivity index (χ1) is 14.1. The zero-order chi connectivity index (χ0) is 22.3. The predicted molar refractivity (Wildman–Crippen MR) is 120 cm³/mol. The molecule has 162 valence electrons. The molecule has 0 spiro atoms. The number of benzene rings is 2. The van der Waals surface area contributed by atoms with Crippen LogP contribution >= 0.6 is 11.6 Å². The van der Waals surface area contributed by atoms with Gasteiger partial charge in [0.1, 0.15) is 17.7 Å². The lowest BCUT2D eigenvalue weighted by molar-refractivity contribution is -0.158. The normalized spacial score (nSPS) is 13.5. The number of carbonyl (C=O) groups excluding carboxylic acids is 1. The van der Waals surface area contributed by atoms with Gasteiger partial charge in [0, 0.05) is 5.02 Å². The summed E-state index contributed by atoms with van der Waals surface area (Å²) in [5.41, 5.74) is 2.49. The fourth-order valence-electron chi connectivity index (χ4n) is 3.09. The molecule has 5 nitrogen and oxygen atoms in total. The molecular weight excluding hydrogens is 402 g/mol. The molecule has 2 aromatic rings. The van der Waals surface area contributed by atoms with E-state index in [0.29, 0.717) is 24.3 Å². The molecule has 2 atom stereocenters. The second-order valence-electron chi connectivity index (χ2n) is 8.30. The monoisotopic (exact) mass is 431 g/mol. The lowest BCUT2D eigenvalue weighted by Crippen LogP contribution is -2.49. The number of hydrogen-bond acceptors (Lipinski definition) is 4. The standard InChI is InChI=1S/C24H30ClNO4/c1-5-20(23(29)30-24(2,3)4)26-21(22(27)28)14-11-16-9-12-17(13-10-16)18-7-6-8-19(25)15-18/h6-10,12-13,15,20-21,26H,5,11,14H2,1-4H3,(H,27,28)/t20-,21-/m0/s1. The van der Waals surface area contributed by atoms with Crippen molar-refractivity contribution in [2.45, 2.75) is 64.6 Å². The van der Waals surface area contributed by atoms with Crippen LogP contribution in [0.2, 0.25) is 5.02 Å². The Hall–Kier alpha value is -2.37. The number of hydrogen-bond donors (Lipinski definition) is 2. The van der Waals surface area contributed by atoms with Gasteiger partial charge in [-0.25, -0.2) is 0 Å². The Balaban J connectivity index is 2.00. The molecule has 0 unspecified atom stereocenters. The minimum atomic E-state index is -0.979. The van der Waals surface area contributed by atoms with Crippen LogP contribution in [0.25, 0.3) is 11.1 Å². The van der Waals surface area contributed by atoms with E-state index < -0.39 is 29.6 Å². The van der Waals surface area contributed by atoms with Crippen LogP contribution in [0, 0.1) is 0 Å². The third-order valence-corrected chi connectivity index (χ3v) is 4.87. The number of esters is 1. The molecule has 2 N–H and O–H groups in total. The average Bonchev–Trinajstić information content (AvgIpc) is 2.67. The smallest absolute Gasteiger partial charge is 0.323 e. The molecule has 0 bridgehead atoms. The van der Waals surface area contributed by atoms with E-state index in [1.165, 1.54) is 0 Å². The van der Waals surface area contributed by atoms with Gasteiger partial charge in [-0.3, -0.25) is 14.9 Å². The highest BCUT2D eigenvalue weighted by atomic mass is 35.5. The molecule has 0 saturated heterocycles. The molecule has 0 aliphatic heterocycles. The summed E-state index contributed by atoms with van der Waals surface area (Å²) in [6.45, 7) is 7.20. The molecule has 2 aromatic carbocycles. The van der Waals surface area contributed by atoms with Gasteiger partial charge in [0.15, 0.2) is 0 Å². The Labute approximate surface area is 183 Å². The Morgan fingerprint density at radius 2 is 1.73 bits per heavy atom. The lowest BCUT2D eigenvalue weighted by atomic mass is 10.00. The fraction of sp³-hybridized carbons (Fsp3) is 0.417. The van der Waals surface area contributed by atoms with Gasteiger partial charge in [0.05, 0.1) is 0 Å². The van der Waals surface area contributed by atoms with Crippen molar-refractivity contribution in [3.63, 3.8) is 0 Å². The topological polar surface area (TPSA) is 75.6 Å². The van der Waals surface area contributed by atoms with Crippen LogP contribution < -0.4 is 5.32 Å². The van der Waals surface area contributed by atoms with Gasteiger partial charge in [0.2, 0.25) is 0 Å². The van der Waals surface area contributed by atoms with Crippen molar-refractivity contribution in [3.8, 4) is 11.1 Å². The Bertz CT molecular complexity index is 858. The SMILES string of the molecule is CC[C@H](N[C@@H](CCc1ccc(-c2cccc(Cl)c2)cc1)C(=O)O)C(=O)OC(C)(C)C. The first-order valence-corrected chi connectivity index (χ1v) is 10.5. The van der Waals surface area contributed by atoms with Gasteiger partial charge >= 0.3 is 11.9 Å². The van der Waals surface area contributed by atoms with Crippen molar-refractivity contribution in [2.24, 2.45) is 0 Å². The van der Waals surface area contributed by atoms with Gasteiger partial charge in [0.25, 0.3) is 0 Å². The summed E-state index contributed by atoms with van der Waals surface area (Å²) in [6.07, 6.45) is 1.39. The summed E-state index contributed by atoms with van der Waals surface area (Å²) < 4.78 is 5.39. The summed E-state index contributed by atoms with van der Waals surface area (Å²) in [6, 6.07) is 14.1.